The van der Waals surface area contributed by atoms with Crippen molar-refractivity contribution in [3.63, 3.8) is 0 Å². The maximum absolute atomic E-state index is 9.95. The van der Waals surface area contributed by atoms with E-state index in [2.05, 4.69) is 34.7 Å². The van der Waals surface area contributed by atoms with E-state index >= 15 is 0 Å². The van der Waals surface area contributed by atoms with E-state index in [-0.39, 0.29) is 6.61 Å². The quantitative estimate of drug-likeness (QED) is 0.491. The number of unbranched alkanes of at least 4 members (excludes halogenated alkanes) is 1. The number of aliphatic hydroxyl groups is 1. The molecule has 3 aromatic rings. The highest BCUT2D eigenvalue weighted by Gasteiger charge is 2.35. The minimum atomic E-state index is -0.461. The molecular formula is C26H26N6O. The number of nitrogens with one attached hydrogen (secondary N) is 2. The van der Waals surface area contributed by atoms with E-state index in [1.807, 2.05) is 37.3 Å². The number of fused-ring (bicyclic) bond motifs is 1. The molecule has 0 saturated carbocycles. The number of hydrogen-bond donors (Lipinski definition) is 3. The molecule has 0 fully saturated rings. The van der Waals surface area contributed by atoms with E-state index in [1.54, 1.807) is 12.3 Å². The third kappa shape index (κ3) is 4.37. The molecule has 7 heteroatoms. The van der Waals surface area contributed by atoms with Gasteiger partial charge in [-0.1, -0.05) is 26.3 Å². The minimum Gasteiger partial charge on any atom is -0.395 e. The Bertz CT molecular complexity index is 1270. The predicted molar refractivity (Wildman–Crippen MR) is 128 cm³/mol. The molecule has 0 aliphatic carbocycles. The topological polar surface area (TPSA) is 118 Å². The van der Waals surface area contributed by atoms with E-state index in [1.165, 1.54) is 0 Å². The number of nitriles is 2. The SMILES string of the molecule is CCCCc1ccc(C#N)cc1Nc1nccc(-c2cc(C#N)c3c(c2)C(C)(CO)CN3)n1. The van der Waals surface area contributed by atoms with Crippen molar-refractivity contribution < 1.29 is 5.11 Å². The van der Waals surface area contributed by atoms with Crippen LogP contribution in [0.3, 0.4) is 0 Å². The first-order valence-electron chi connectivity index (χ1n) is 11.1. The van der Waals surface area contributed by atoms with Crippen LogP contribution in [0.25, 0.3) is 11.3 Å². The summed E-state index contributed by atoms with van der Waals surface area (Å²) in [5, 5.41) is 35.5. The molecule has 7 nitrogen and oxygen atoms in total. The van der Waals surface area contributed by atoms with Gasteiger partial charge in [0.15, 0.2) is 0 Å². The first-order valence-corrected chi connectivity index (χ1v) is 11.1. The van der Waals surface area contributed by atoms with Crippen molar-refractivity contribution in [1.29, 1.82) is 10.5 Å². The molecule has 166 valence electrons. The van der Waals surface area contributed by atoms with E-state index in [0.717, 1.165) is 47.3 Å². The first kappa shape index (κ1) is 22.3. The van der Waals surface area contributed by atoms with E-state index < -0.39 is 5.41 Å². The van der Waals surface area contributed by atoms with Gasteiger partial charge in [-0.25, -0.2) is 9.97 Å². The normalized spacial score (nSPS) is 16.4. The predicted octanol–water partition coefficient (Wildman–Crippen LogP) is 4.65. The number of nitrogens with zero attached hydrogens (tertiary/aromatic N) is 4. The summed E-state index contributed by atoms with van der Waals surface area (Å²) in [6, 6.07) is 15.7. The van der Waals surface area contributed by atoms with Crippen molar-refractivity contribution in [3.8, 4) is 23.4 Å². The van der Waals surface area contributed by atoms with Gasteiger partial charge in [-0.05, 0) is 54.3 Å². The fraction of sp³-hybridized carbons (Fsp3) is 0.308. The Morgan fingerprint density at radius 3 is 2.76 bits per heavy atom. The number of anilines is 3. The Labute approximate surface area is 193 Å². The molecule has 0 spiro atoms. The van der Waals surface area contributed by atoms with Crippen LogP contribution in [0.5, 0.6) is 0 Å². The van der Waals surface area contributed by atoms with Crippen LogP contribution in [-0.2, 0) is 11.8 Å². The van der Waals surface area contributed by atoms with Crippen LogP contribution >= 0.6 is 0 Å². The lowest BCUT2D eigenvalue weighted by atomic mass is 9.83. The number of hydrogen-bond acceptors (Lipinski definition) is 7. The Hall–Kier alpha value is -3.94. The number of aryl methyl sites for hydroxylation is 1. The summed E-state index contributed by atoms with van der Waals surface area (Å²) < 4.78 is 0. The molecule has 1 unspecified atom stereocenters. The van der Waals surface area contributed by atoms with Gasteiger partial charge >= 0.3 is 0 Å². The Morgan fingerprint density at radius 2 is 2.03 bits per heavy atom. The molecule has 1 aromatic heterocycles. The molecule has 2 heterocycles. The molecule has 33 heavy (non-hydrogen) atoms. The van der Waals surface area contributed by atoms with Crippen molar-refractivity contribution in [1.82, 2.24) is 9.97 Å². The van der Waals surface area contributed by atoms with E-state index in [0.29, 0.717) is 29.3 Å². The summed E-state index contributed by atoms with van der Waals surface area (Å²) in [5.41, 5.74) is 5.72. The zero-order valence-electron chi connectivity index (χ0n) is 18.8. The van der Waals surface area contributed by atoms with Gasteiger partial charge in [-0.2, -0.15) is 10.5 Å². The molecule has 1 aliphatic rings. The third-order valence-electron chi connectivity index (χ3n) is 6.15. The summed E-state index contributed by atoms with van der Waals surface area (Å²) in [4.78, 5) is 9.07. The maximum atomic E-state index is 9.95. The summed E-state index contributed by atoms with van der Waals surface area (Å²) in [6.07, 6.45) is 4.69. The summed E-state index contributed by atoms with van der Waals surface area (Å²) in [7, 11) is 0. The molecule has 0 bridgehead atoms. The molecule has 0 saturated heterocycles. The summed E-state index contributed by atoms with van der Waals surface area (Å²) >= 11 is 0. The van der Waals surface area contributed by atoms with Crippen molar-refractivity contribution in [2.45, 2.75) is 38.5 Å². The molecule has 0 radical (unpaired) electrons. The monoisotopic (exact) mass is 438 g/mol. The van der Waals surface area contributed by atoms with Crippen LogP contribution in [0.15, 0.2) is 42.6 Å². The second-order valence-electron chi connectivity index (χ2n) is 8.61. The van der Waals surface area contributed by atoms with Gasteiger partial charge in [-0.3, -0.25) is 0 Å². The average molecular weight is 439 g/mol. The fourth-order valence-corrected chi connectivity index (χ4v) is 4.11. The fourth-order valence-electron chi connectivity index (χ4n) is 4.11. The van der Waals surface area contributed by atoms with Crippen LogP contribution in [0.4, 0.5) is 17.3 Å². The van der Waals surface area contributed by atoms with Gasteiger partial charge in [-0.15, -0.1) is 0 Å². The van der Waals surface area contributed by atoms with Crippen LogP contribution in [0.1, 0.15) is 48.9 Å². The summed E-state index contributed by atoms with van der Waals surface area (Å²) in [5.74, 6) is 0.419. The average Bonchev–Trinajstić information content (AvgIpc) is 3.20. The molecule has 3 N–H and O–H groups in total. The largest absolute Gasteiger partial charge is 0.395 e. The number of benzene rings is 2. The minimum absolute atomic E-state index is 0.0202. The Morgan fingerprint density at radius 1 is 1.18 bits per heavy atom. The second kappa shape index (κ2) is 9.28. The molecule has 0 amide bonds. The lowest BCUT2D eigenvalue weighted by Gasteiger charge is -2.21. The molecule has 4 rings (SSSR count). The van der Waals surface area contributed by atoms with Crippen molar-refractivity contribution in [2.24, 2.45) is 0 Å². The van der Waals surface area contributed by atoms with E-state index in [9.17, 15) is 15.6 Å². The third-order valence-corrected chi connectivity index (χ3v) is 6.15. The highest BCUT2D eigenvalue weighted by Crippen LogP contribution is 2.41. The molecule has 1 aliphatic heterocycles. The zero-order valence-corrected chi connectivity index (χ0v) is 18.8. The van der Waals surface area contributed by atoms with Gasteiger partial charge in [0.1, 0.15) is 6.07 Å². The lowest BCUT2D eigenvalue weighted by Crippen LogP contribution is -2.28. The van der Waals surface area contributed by atoms with Gasteiger partial charge in [0.2, 0.25) is 5.95 Å². The molecular weight excluding hydrogens is 412 g/mol. The first-order chi connectivity index (χ1) is 16.0. The highest BCUT2D eigenvalue weighted by molar-refractivity contribution is 5.76. The number of aliphatic hydroxyl groups excluding tert-OH is 1. The van der Waals surface area contributed by atoms with Gasteiger partial charge in [0.05, 0.1) is 35.2 Å². The Balaban J connectivity index is 1.72. The van der Waals surface area contributed by atoms with E-state index in [4.69, 9.17) is 4.98 Å². The lowest BCUT2D eigenvalue weighted by molar-refractivity contribution is 0.219. The van der Waals surface area contributed by atoms with Crippen molar-refractivity contribution >= 4 is 17.3 Å². The molecule has 1 atom stereocenters. The number of aromatic nitrogens is 2. The second-order valence-corrected chi connectivity index (χ2v) is 8.61. The maximum Gasteiger partial charge on any atom is 0.227 e. The van der Waals surface area contributed by atoms with Crippen LogP contribution in [-0.4, -0.2) is 28.2 Å². The standard InChI is InChI=1S/C26H26N6O/c1-3-4-5-18-7-6-17(13-27)10-23(18)32-25-29-9-8-22(31-25)19-11-20(14-28)24-21(12-19)26(2,16-33)15-30-24/h6-12,30,33H,3-5,15-16H2,1-2H3,(H,29,31,32). The number of rotatable bonds is 7. The van der Waals surface area contributed by atoms with Gasteiger partial charge < -0.3 is 15.7 Å². The van der Waals surface area contributed by atoms with Gasteiger partial charge in [0, 0.05) is 29.4 Å². The molecule has 2 aromatic carbocycles. The summed E-state index contributed by atoms with van der Waals surface area (Å²) in [6.45, 7) is 4.67. The van der Waals surface area contributed by atoms with Crippen molar-refractivity contribution in [2.75, 3.05) is 23.8 Å². The van der Waals surface area contributed by atoms with Crippen LogP contribution in [0, 0.1) is 22.7 Å². The smallest absolute Gasteiger partial charge is 0.227 e. The Kier molecular flexibility index (Phi) is 6.26. The van der Waals surface area contributed by atoms with Crippen LogP contribution in [0.2, 0.25) is 0 Å². The highest BCUT2D eigenvalue weighted by atomic mass is 16.3. The van der Waals surface area contributed by atoms with Gasteiger partial charge in [0.25, 0.3) is 0 Å². The van der Waals surface area contributed by atoms with Crippen molar-refractivity contribution in [3.05, 3.63) is 64.8 Å². The van der Waals surface area contributed by atoms with Crippen LogP contribution < -0.4 is 10.6 Å². The zero-order chi connectivity index (χ0) is 23.4.